The summed E-state index contributed by atoms with van der Waals surface area (Å²) in [7, 11) is 3.66. The molecule has 0 radical (unpaired) electrons. The highest BCUT2D eigenvalue weighted by molar-refractivity contribution is 5.79. The summed E-state index contributed by atoms with van der Waals surface area (Å²) in [6, 6.07) is 21.3. The average Bonchev–Trinajstić information content (AvgIpc) is 3.19. The first-order valence-electron chi connectivity index (χ1n) is 10.3. The molecular formula is C23H31N7. The molecule has 2 N–H and O–H groups in total. The summed E-state index contributed by atoms with van der Waals surface area (Å²) in [4.78, 5) is 11.0. The summed E-state index contributed by atoms with van der Waals surface area (Å²) in [5.74, 6) is 1.64. The maximum Gasteiger partial charge on any atom is 0.191 e. The standard InChI is InChI=1S/C23H31N7/c1-24-23(26-16-22-27-19-28-29(22)2)25-14-9-15-30(17-20-10-5-3-6-11-20)18-21-12-7-4-8-13-21/h3-8,10-13,19H,9,14-18H2,1-2H3,(H2,24,25,26). The molecule has 2 aromatic carbocycles. The summed E-state index contributed by atoms with van der Waals surface area (Å²) < 4.78 is 1.76. The summed E-state index contributed by atoms with van der Waals surface area (Å²) in [5, 5.41) is 10.8. The van der Waals surface area contributed by atoms with E-state index in [4.69, 9.17) is 0 Å². The van der Waals surface area contributed by atoms with E-state index in [1.807, 2.05) is 7.05 Å². The van der Waals surface area contributed by atoms with Gasteiger partial charge in [-0.2, -0.15) is 5.10 Å². The topological polar surface area (TPSA) is 70.4 Å². The van der Waals surface area contributed by atoms with E-state index >= 15 is 0 Å². The van der Waals surface area contributed by atoms with Gasteiger partial charge in [0.15, 0.2) is 5.96 Å². The first-order chi connectivity index (χ1) is 14.7. The van der Waals surface area contributed by atoms with Gasteiger partial charge >= 0.3 is 0 Å². The lowest BCUT2D eigenvalue weighted by Gasteiger charge is -2.23. The van der Waals surface area contributed by atoms with Gasteiger partial charge in [0.25, 0.3) is 0 Å². The van der Waals surface area contributed by atoms with Gasteiger partial charge < -0.3 is 10.6 Å². The molecule has 7 nitrogen and oxygen atoms in total. The lowest BCUT2D eigenvalue weighted by atomic mass is 10.1. The van der Waals surface area contributed by atoms with E-state index < -0.39 is 0 Å². The van der Waals surface area contributed by atoms with Crippen LogP contribution in [0.25, 0.3) is 0 Å². The number of hydrogen-bond acceptors (Lipinski definition) is 4. The second-order valence-electron chi connectivity index (χ2n) is 7.19. The van der Waals surface area contributed by atoms with Gasteiger partial charge in [-0.15, -0.1) is 0 Å². The van der Waals surface area contributed by atoms with Crippen LogP contribution in [0, 0.1) is 0 Å². The van der Waals surface area contributed by atoms with Gasteiger partial charge in [0.1, 0.15) is 12.2 Å². The number of aryl methyl sites for hydroxylation is 1. The van der Waals surface area contributed by atoms with Gasteiger partial charge in [0, 0.05) is 40.3 Å². The van der Waals surface area contributed by atoms with Crippen molar-refractivity contribution in [1.29, 1.82) is 0 Å². The van der Waals surface area contributed by atoms with Crippen molar-refractivity contribution in [2.45, 2.75) is 26.1 Å². The molecule has 0 unspecified atom stereocenters. The molecule has 0 spiro atoms. The predicted molar refractivity (Wildman–Crippen MR) is 121 cm³/mol. The van der Waals surface area contributed by atoms with Gasteiger partial charge in [0.05, 0.1) is 6.54 Å². The summed E-state index contributed by atoms with van der Waals surface area (Å²) in [6.45, 7) is 4.31. The summed E-state index contributed by atoms with van der Waals surface area (Å²) >= 11 is 0. The van der Waals surface area contributed by atoms with E-state index in [1.54, 1.807) is 18.1 Å². The van der Waals surface area contributed by atoms with Crippen molar-refractivity contribution in [1.82, 2.24) is 30.3 Å². The quantitative estimate of drug-likeness (QED) is 0.308. The molecule has 3 aromatic rings. The maximum absolute atomic E-state index is 4.29. The van der Waals surface area contributed by atoms with Crippen LogP contribution in [0.1, 0.15) is 23.4 Å². The molecule has 0 atom stereocenters. The second kappa shape index (κ2) is 11.7. The molecule has 0 bridgehead atoms. The number of hydrogen-bond donors (Lipinski definition) is 2. The molecule has 30 heavy (non-hydrogen) atoms. The molecular weight excluding hydrogens is 374 g/mol. The molecule has 0 amide bonds. The van der Waals surface area contributed by atoms with Gasteiger partial charge in [-0.3, -0.25) is 14.6 Å². The van der Waals surface area contributed by atoms with E-state index in [-0.39, 0.29) is 0 Å². The van der Waals surface area contributed by atoms with E-state index in [9.17, 15) is 0 Å². The normalized spacial score (nSPS) is 11.6. The Balaban J connectivity index is 1.47. The molecule has 0 saturated carbocycles. The van der Waals surface area contributed by atoms with E-state index in [0.717, 1.165) is 44.4 Å². The van der Waals surface area contributed by atoms with Gasteiger partial charge in [-0.05, 0) is 17.5 Å². The minimum absolute atomic E-state index is 0.588. The summed E-state index contributed by atoms with van der Waals surface area (Å²) in [6.07, 6.45) is 2.57. The maximum atomic E-state index is 4.29. The molecule has 0 saturated heterocycles. The Morgan fingerprint density at radius 3 is 2.13 bits per heavy atom. The molecule has 158 valence electrons. The Morgan fingerprint density at radius 2 is 1.60 bits per heavy atom. The number of aromatic nitrogens is 3. The minimum Gasteiger partial charge on any atom is -0.356 e. The Morgan fingerprint density at radius 1 is 0.967 bits per heavy atom. The minimum atomic E-state index is 0.588. The number of benzene rings is 2. The van der Waals surface area contributed by atoms with Crippen LogP contribution >= 0.6 is 0 Å². The highest BCUT2D eigenvalue weighted by Gasteiger charge is 2.08. The van der Waals surface area contributed by atoms with Crippen LogP contribution in [0.3, 0.4) is 0 Å². The zero-order chi connectivity index (χ0) is 21.0. The van der Waals surface area contributed by atoms with Crippen molar-refractivity contribution in [3.05, 3.63) is 83.9 Å². The molecule has 0 aliphatic rings. The van der Waals surface area contributed by atoms with Crippen molar-refractivity contribution in [2.75, 3.05) is 20.1 Å². The highest BCUT2D eigenvalue weighted by atomic mass is 15.3. The second-order valence-corrected chi connectivity index (χ2v) is 7.19. The van der Waals surface area contributed by atoms with Crippen molar-refractivity contribution in [3.8, 4) is 0 Å². The van der Waals surface area contributed by atoms with Crippen molar-refractivity contribution < 1.29 is 0 Å². The zero-order valence-corrected chi connectivity index (χ0v) is 17.8. The first-order valence-corrected chi connectivity index (χ1v) is 10.3. The van der Waals surface area contributed by atoms with Crippen molar-refractivity contribution in [3.63, 3.8) is 0 Å². The average molecular weight is 406 g/mol. The smallest absolute Gasteiger partial charge is 0.191 e. The van der Waals surface area contributed by atoms with Crippen LogP contribution in [-0.4, -0.2) is 45.8 Å². The third-order valence-corrected chi connectivity index (χ3v) is 4.88. The van der Waals surface area contributed by atoms with Crippen molar-refractivity contribution >= 4 is 5.96 Å². The number of nitrogens with one attached hydrogen (secondary N) is 2. The third-order valence-electron chi connectivity index (χ3n) is 4.88. The van der Waals surface area contributed by atoms with Gasteiger partial charge in [0.2, 0.25) is 0 Å². The SMILES string of the molecule is CN=C(NCCCN(Cc1ccccc1)Cc1ccccc1)NCc1ncnn1C. The predicted octanol–water partition coefficient (Wildman–Crippen LogP) is 2.57. The summed E-state index contributed by atoms with van der Waals surface area (Å²) in [5.41, 5.74) is 2.67. The molecule has 7 heteroatoms. The zero-order valence-electron chi connectivity index (χ0n) is 17.8. The van der Waals surface area contributed by atoms with E-state index in [2.05, 4.69) is 91.3 Å². The molecule has 3 rings (SSSR count). The van der Waals surface area contributed by atoms with Crippen LogP contribution in [0.15, 0.2) is 72.0 Å². The molecule has 0 aliphatic heterocycles. The fraction of sp³-hybridized carbons (Fsp3) is 0.348. The van der Waals surface area contributed by atoms with E-state index in [1.165, 1.54) is 11.1 Å². The third kappa shape index (κ3) is 7.00. The van der Waals surface area contributed by atoms with Crippen molar-refractivity contribution in [2.24, 2.45) is 12.0 Å². The lowest BCUT2D eigenvalue weighted by molar-refractivity contribution is 0.254. The Kier molecular flexibility index (Phi) is 8.41. The molecule has 0 aliphatic carbocycles. The number of aliphatic imine (C=N–C) groups is 1. The van der Waals surface area contributed by atoms with Gasteiger partial charge in [-0.25, -0.2) is 4.98 Å². The molecule has 1 aromatic heterocycles. The first kappa shape index (κ1) is 21.5. The Hall–Kier alpha value is -3.19. The monoisotopic (exact) mass is 405 g/mol. The molecule has 0 fully saturated rings. The lowest BCUT2D eigenvalue weighted by Crippen LogP contribution is -2.38. The Bertz CT molecular complexity index is 849. The number of rotatable bonds is 10. The van der Waals surface area contributed by atoms with Crippen LogP contribution in [0.5, 0.6) is 0 Å². The van der Waals surface area contributed by atoms with E-state index in [0.29, 0.717) is 6.54 Å². The number of guanidine groups is 1. The van der Waals surface area contributed by atoms with Crippen LogP contribution < -0.4 is 10.6 Å². The van der Waals surface area contributed by atoms with Crippen LogP contribution in [0.2, 0.25) is 0 Å². The van der Waals surface area contributed by atoms with Crippen LogP contribution in [0.4, 0.5) is 0 Å². The van der Waals surface area contributed by atoms with Gasteiger partial charge in [-0.1, -0.05) is 60.7 Å². The number of nitrogens with zero attached hydrogens (tertiary/aromatic N) is 5. The molecule has 1 heterocycles. The fourth-order valence-electron chi connectivity index (χ4n) is 3.27. The van der Waals surface area contributed by atoms with Crippen LogP contribution in [-0.2, 0) is 26.7 Å². The fourth-order valence-corrected chi connectivity index (χ4v) is 3.27. The Labute approximate surface area is 178 Å². The highest BCUT2D eigenvalue weighted by Crippen LogP contribution is 2.10. The largest absolute Gasteiger partial charge is 0.356 e.